The van der Waals surface area contributed by atoms with Gasteiger partial charge in [-0.05, 0) is 55.5 Å². The third kappa shape index (κ3) is 4.28. The van der Waals surface area contributed by atoms with E-state index in [1.165, 1.54) is 7.11 Å². The van der Waals surface area contributed by atoms with Gasteiger partial charge in [0.1, 0.15) is 11.3 Å². The van der Waals surface area contributed by atoms with Gasteiger partial charge in [0.25, 0.3) is 0 Å². The van der Waals surface area contributed by atoms with Crippen LogP contribution in [0.3, 0.4) is 0 Å². The molecule has 1 rings (SSSR count). The molecule has 134 valence electrons. The van der Waals surface area contributed by atoms with Crippen LogP contribution in [0.15, 0.2) is 12.1 Å². The summed E-state index contributed by atoms with van der Waals surface area (Å²) in [6, 6.07) is 3.81. The van der Waals surface area contributed by atoms with Gasteiger partial charge in [-0.3, -0.25) is 4.79 Å². The summed E-state index contributed by atoms with van der Waals surface area (Å²) in [4.78, 5) is 24.8. The van der Waals surface area contributed by atoms with Crippen molar-refractivity contribution in [1.29, 1.82) is 0 Å². The van der Waals surface area contributed by atoms with E-state index in [2.05, 4.69) is 5.32 Å². The van der Waals surface area contributed by atoms with Crippen molar-refractivity contribution < 1.29 is 19.1 Å². The summed E-state index contributed by atoms with van der Waals surface area (Å²) >= 11 is 0. The topological polar surface area (TPSA) is 64.6 Å². The quantitative estimate of drug-likeness (QED) is 0.778. The van der Waals surface area contributed by atoms with Crippen molar-refractivity contribution in [2.24, 2.45) is 5.92 Å². The molecule has 1 aromatic carbocycles. The van der Waals surface area contributed by atoms with Crippen LogP contribution >= 0.6 is 0 Å². The lowest BCUT2D eigenvalue weighted by Gasteiger charge is -2.33. The molecule has 0 aliphatic rings. The molecule has 0 aromatic heterocycles. The van der Waals surface area contributed by atoms with Crippen LogP contribution in [0.5, 0.6) is 5.75 Å². The summed E-state index contributed by atoms with van der Waals surface area (Å²) in [7, 11) is 2.96. The monoisotopic (exact) mass is 335 g/mol. The molecule has 2 atom stereocenters. The third-order valence-electron chi connectivity index (χ3n) is 4.85. The highest BCUT2D eigenvalue weighted by Crippen LogP contribution is 2.24. The first kappa shape index (κ1) is 20.0. The van der Waals surface area contributed by atoms with Crippen LogP contribution in [0.4, 0.5) is 0 Å². The van der Waals surface area contributed by atoms with E-state index in [0.29, 0.717) is 0 Å². The molecule has 0 spiro atoms. The van der Waals surface area contributed by atoms with Crippen LogP contribution in [0, 0.1) is 19.8 Å². The van der Waals surface area contributed by atoms with Crippen LogP contribution in [-0.4, -0.2) is 31.6 Å². The number of ether oxygens (including phenoxy) is 2. The Bertz CT molecular complexity index is 588. The van der Waals surface area contributed by atoms with Crippen LogP contribution in [-0.2, 0) is 20.7 Å². The van der Waals surface area contributed by atoms with Gasteiger partial charge < -0.3 is 14.8 Å². The summed E-state index contributed by atoms with van der Waals surface area (Å²) < 4.78 is 10.1. The molecule has 5 heteroatoms. The number of rotatable bonds is 7. The molecule has 0 bridgehead atoms. The Hall–Kier alpha value is -2.04. The largest absolute Gasteiger partial charge is 0.497 e. The molecule has 1 aromatic rings. The molecule has 0 heterocycles. The lowest BCUT2D eigenvalue weighted by molar-refractivity contribution is -0.152. The molecule has 1 N–H and O–H groups in total. The molecular formula is C19H29NO4. The van der Waals surface area contributed by atoms with E-state index in [4.69, 9.17) is 9.47 Å². The van der Waals surface area contributed by atoms with Gasteiger partial charge in [-0.25, -0.2) is 4.79 Å². The number of hydrogen-bond acceptors (Lipinski definition) is 4. The number of benzene rings is 1. The Balaban J connectivity index is 3.01. The van der Waals surface area contributed by atoms with Gasteiger partial charge in [0, 0.05) is 0 Å². The minimum absolute atomic E-state index is 0.0352. The molecule has 5 nitrogen and oxygen atoms in total. The first-order valence-corrected chi connectivity index (χ1v) is 8.23. The molecule has 0 saturated heterocycles. The average molecular weight is 335 g/mol. The van der Waals surface area contributed by atoms with Gasteiger partial charge in [0.05, 0.1) is 20.6 Å². The van der Waals surface area contributed by atoms with E-state index in [-0.39, 0.29) is 18.2 Å². The fraction of sp³-hybridized carbons (Fsp3) is 0.579. The van der Waals surface area contributed by atoms with Crippen LogP contribution in [0.1, 0.15) is 43.9 Å². The lowest BCUT2D eigenvalue weighted by Crippen LogP contribution is -2.57. The van der Waals surface area contributed by atoms with E-state index in [9.17, 15) is 9.59 Å². The molecule has 0 aliphatic heterocycles. The molecular weight excluding hydrogens is 306 g/mol. The van der Waals surface area contributed by atoms with Gasteiger partial charge in [-0.15, -0.1) is 0 Å². The van der Waals surface area contributed by atoms with Crippen molar-refractivity contribution in [3.05, 3.63) is 28.8 Å². The van der Waals surface area contributed by atoms with Crippen LogP contribution in [0.25, 0.3) is 0 Å². The van der Waals surface area contributed by atoms with Crippen molar-refractivity contribution in [3.8, 4) is 5.75 Å². The number of nitrogens with one attached hydrogen (secondary N) is 1. The smallest absolute Gasteiger partial charge is 0.331 e. The molecule has 1 amide bonds. The highest BCUT2D eigenvalue weighted by atomic mass is 16.5. The van der Waals surface area contributed by atoms with Crippen molar-refractivity contribution in [2.45, 2.75) is 53.0 Å². The number of amides is 1. The van der Waals surface area contributed by atoms with Gasteiger partial charge in [-0.1, -0.05) is 20.3 Å². The number of hydrogen-bond donors (Lipinski definition) is 1. The Kier molecular flexibility index (Phi) is 6.81. The maximum atomic E-state index is 12.6. The van der Waals surface area contributed by atoms with E-state index >= 15 is 0 Å². The molecule has 0 radical (unpaired) electrons. The normalized spacial score (nSPS) is 14.5. The fourth-order valence-corrected chi connectivity index (χ4v) is 2.84. The first-order chi connectivity index (χ1) is 11.2. The Morgan fingerprint density at radius 1 is 1.21 bits per heavy atom. The third-order valence-corrected chi connectivity index (χ3v) is 4.85. The van der Waals surface area contributed by atoms with Crippen LogP contribution in [0.2, 0.25) is 0 Å². The standard InChI is InChI=1S/C19H29NO4/c1-8-14(4)19(5,18(22)24-7)20-17(21)11-16-12(2)9-15(23-6)10-13(16)3/h9-10,14H,8,11H2,1-7H3,(H,20,21). The van der Waals surface area contributed by atoms with Crippen molar-refractivity contribution in [3.63, 3.8) is 0 Å². The molecule has 24 heavy (non-hydrogen) atoms. The molecule has 2 unspecified atom stereocenters. The first-order valence-electron chi connectivity index (χ1n) is 8.23. The van der Waals surface area contributed by atoms with Crippen molar-refractivity contribution in [1.82, 2.24) is 5.32 Å². The predicted molar refractivity (Wildman–Crippen MR) is 94.2 cm³/mol. The summed E-state index contributed by atoms with van der Waals surface area (Å²) in [6.45, 7) is 9.54. The van der Waals surface area contributed by atoms with Crippen molar-refractivity contribution in [2.75, 3.05) is 14.2 Å². The second-order valence-electron chi connectivity index (χ2n) is 6.47. The predicted octanol–water partition coefficient (Wildman–Crippen LogP) is 2.95. The second-order valence-corrected chi connectivity index (χ2v) is 6.47. The summed E-state index contributed by atoms with van der Waals surface area (Å²) in [5, 5.41) is 2.88. The second kappa shape index (κ2) is 8.18. The summed E-state index contributed by atoms with van der Waals surface area (Å²) in [6.07, 6.45) is 0.969. The number of methoxy groups -OCH3 is 2. The maximum Gasteiger partial charge on any atom is 0.331 e. The zero-order valence-corrected chi connectivity index (χ0v) is 15.8. The summed E-state index contributed by atoms with van der Waals surface area (Å²) in [5.41, 5.74) is 1.90. The minimum atomic E-state index is -1.03. The zero-order valence-electron chi connectivity index (χ0n) is 15.8. The van der Waals surface area contributed by atoms with Gasteiger partial charge in [0.2, 0.25) is 5.91 Å². The highest BCUT2D eigenvalue weighted by molar-refractivity contribution is 5.89. The minimum Gasteiger partial charge on any atom is -0.497 e. The van der Waals surface area contributed by atoms with E-state index < -0.39 is 11.5 Å². The SMILES string of the molecule is CCC(C)C(C)(NC(=O)Cc1c(C)cc(OC)cc1C)C(=O)OC. The van der Waals surface area contributed by atoms with Gasteiger partial charge >= 0.3 is 5.97 Å². The number of aryl methyl sites for hydroxylation is 2. The highest BCUT2D eigenvalue weighted by Gasteiger charge is 2.40. The van der Waals surface area contributed by atoms with Gasteiger partial charge in [0.15, 0.2) is 0 Å². The Morgan fingerprint density at radius 3 is 2.17 bits per heavy atom. The maximum absolute atomic E-state index is 12.6. The number of esters is 1. The van der Waals surface area contributed by atoms with Crippen LogP contribution < -0.4 is 10.1 Å². The molecule has 0 fully saturated rings. The van der Waals surface area contributed by atoms with E-state index in [1.54, 1.807) is 14.0 Å². The van der Waals surface area contributed by atoms with Crippen molar-refractivity contribution >= 4 is 11.9 Å². The zero-order chi connectivity index (χ0) is 18.5. The average Bonchev–Trinajstić information content (AvgIpc) is 2.55. The number of carbonyl (C=O) groups is 2. The molecule has 0 saturated carbocycles. The molecule has 0 aliphatic carbocycles. The van der Waals surface area contributed by atoms with E-state index in [1.807, 2.05) is 39.8 Å². The lowest BCUT2D eigenvalue weighted by atomic mass is 9.84. The Labute approximate surface area is 144 Å². The summed E-state index contributed by atoms with van der Waals surface area (Å²) in [5.74, 6) is 0.119. The van der Waals surface area contributed by atoms with Gasteiger partial charge in [-0.2, -0.15) is 0 Å². The van der Waals surface area contributed by atoms with E-state index in [0.717, 1.165) is 28.9 Å². The fourth-order valence-electron chi connectivity index (χ4n) is 2.84. The Morgan fingerprint density at radius 2 is 1.75 bits per heavy atom. The number of carbonyl (C=O) groups excluding carboxylic acids is 2.